The monoisotopic (exact) mass is 507 g/mol. The van der Waals surface area contributed by atoms with Crippen molar-refractivity contribution in [3.63, 3.8) is 0 Å². The van der Waals surface area contributed by atoms with Gasteiger partial charge in [0.2, 0.25) is 5.89 Å². The van der Waals surface area contributed by atoms with E-state index in [1.165, 1.54) is 6.07 Å². The van der Waals surface area contributed by atoms with Crippen molar-refractivity contribution >= 4 is 29.7 Å². The summed E-state index contributed by atoms with van der Waals surface area (Å²) in [4.78, 5) is 27.6. The lowest BCUT2D eigenvalue weighted by molar-refractivity contribution is 0.0787. The second-order valence-corrected chi connectivity index (χ2v) is 9.06. The van der Waals surface area contributed by atoms with Crippen LogP contribution in [-0.2, 0) is 0 Å². The van der Waals surface area contributed by atoms with Crippen molar-refractivity contribution < 1.29 is 13.6 Å². The molecule has 3 aromatic rings. The number of nitrogens with zero attached hydrogens (tertiary/aromatic N) is 2. The summed E-state index contributed by atoms with van der Waals surface area (Å²) in [6, 6.07) is 5.79. The number of halogens is 2. The summed E-state index contributed by atoms with van der Waals surface area (Å²) in [7, 11) is 0. The highest BCUT2D eigenvalue weighted by Gasteiger charge is 2.26. The zero-order valence-electron chi connectivity index (χ0n) is 19.2. The fourth-order valence-corrected chi connectivity index (χ4v) is 4.19. The van der Waals surface area contributed by atoms with E-state index in [2.05, 4.69) is 15.2 Å². The molecule has 2 atom stereocenters. The van der Waals surface area contributed by atoms with Gasteiger partial charge in [-0.05, 0) is 61.6 Å². The van der Waals surface area contributed by atoms with Crippen LogP contribution in [0.4, 0.5) is 4.39 Å². The lowest BCUT2D eigenvalue weighted by Gasteiger charge is -2.20. The smallest absolute Gasteiger partial charge is 0.391 e. The number of hydrogen-bond donors (Lipinski definition) is 3. The van der Waals surface area contributed by atoms with E-state index in [0.717, 1.165) is 37.1 Å². The van der Waals surface area contributed by atoms with Gasteiger partial charge in [0.1, 0.15) is 16.2 Å². The first kappa shape index (κ1) is 25.8. The van der Waals surface area contributed by atoms with Crippen molar-refractivity contribution in [1.29, 1.82) is 0 Å². The first-order valence-corrected chi connectivity index (χ1v) is 11.6. The second-order valence-electron chi connectivity index (χ2n) is 8.21. The number of H-pyrrole nitrogens is 2. The average Bonchev–Trinajstić information content (AvgIpc) is 3.50. The van der Waals surface area contributed by atoms with Crippen molar-refractivity contribution in [3.05, 3.63) is 78.6 Å². The highest BCUT2D eigenvalue weighted by molar-refractivity contribution is 7.71. The Labute approximate surface area is 206 Å². The largest absolute Gasteiger partial charge is 0.434 e. The third kappa shape index (κ3) is 5.81. The van der Waals surface area contributed by atoms with E-state index in [0.29, 0.717) is 20.9 Å². The quantitative estimate of drug-likeness (QED) is 0.445. The molecule has 1 saturated heterocycles. The Hall–Kier alpha value is -2.82. The van der Waals surface area contributed by atoms with E-state index in [4.69, 9.17) is 34.0 Å². The predicted molar refractivity (Wildman–Crippen MR) is 130 cm³/mol. The molecule has 3 heterocycles. The summed E-state index contributed by atoms with van der Waals surface area (Å²) in [6.45, 7) is 7.16. The number of nitrogens with two attached hydrogens (primary N) is 1. The van der Waals surface area contributed by atoms with E-state index in [1.54, 1.807) is 30.0 Å². The van der Waals surface area contributed by atoms with Crippen molar-refractivity contribution in [2.24, 2.45) is 5.73 Å². The molecule has 2 aromatic heterocycles. The number of nitrogens with one attached hydrogen (secondary N) is 2. The molecular formula is C23H27ClFN5O3S. The van der Waals surface area contributed by atoms with Crippen LogP contribution in [-0.4, -0.2) is 39.1 Å². The molecule has 2 unspecified atom stereocenters. The Morgan fingerprint density at radius 2 is 1.94 bits per heavy atom. The van der Waals surface area contributed by atoms with E-state index in [-0.39, 0.29) is 23.5 Å². The van der Waals surface area contributed by atoms with Gasteiger partial charge in [-0.2, -0.15) is 0 Å². The lowest BCUT2D eigenvalue weighted by Crippen LogP contribution is -2.28. The van der Waals surface area contributed by atoms with Crippen molar-refractivity contribution in [2.45, 2.75) is 45.6 Å². The molecule has 182 valence electrons. The minimum atomic E-state index is -0.686. The molecule has 8 nitrogen and oxygen atoms in total. The fourth-order valence-electron chi connectivity index (χ4n) is 3.83. The van der Waals surface area contributed by atoms with Gasteiger partial charge in [0.15, 0.2) is 0 Å². The van der Waals surface area contributed by atoms with Crippen molar-refractivity contribution in [1.82, 2.24) is 20.1 Å². The Kier molecular flexibility index (Phi) is 8.40. The van der Waals surface area contributed by atoms with Gasteiger partial charge < -0.3 is 20.0 Å². The minimum Gasteiger partial charge on any atom is -0.391 e. The molecule has 11 heteroatoms. The van der Waals surface area contributed by atoms with Crippen LogP contribution in [0.25, 0.3) is 0 Å². The zero-order valence-corrected chi connectivity index (χ0v) is 20.7. The van der Waals surface area contributed by atoms with Gasteiger partial charge in [-0.3, -0.25) is 4.79 Å². The summed E-state index contributed by atoms with van der Waals surface area (Å²) in [6.07, 6.45) is 2.13. The normalized spacial score (nSPS) is 14.9. The highest BCUT2D eigenvalue weighted by Crippen LogP contribution is 2.32. The molecule has 1 aromatic carbocycles. The lowest BCUT2D eigenvalue weighted by atomic mass is 9.88. The second kappa shape index (κ2) is 11.1. The molecular weight excluding hydrogens is 481 g/mol. The van der Waals surface area contributed by atoms with E-state index < -0.39 is 11.8 Å². The van der Waals surface area contributed by atoms with Gasteiger partial charge in [0.25, 0.3) is 5.91 Å². The van der Waals surface area contributed by atoms with Crippen LogP contribution < -0.4 is 11.5 Å². The molecule has 4 N–H and O–H groups in total. The summed E-state index contributed by atoms with van der Waals surface area (Å²) in [5.74, 6) is -1.31. The first-order chi connectivity index (χ1) is 16.1. The molecule has 0 bridgehead atoms. The number of hydrogen-bond acceptors (Lipinski definition) is 6. The maximum absolute atomic E-state index is 14.0. The number of aromatic amines is 2. The number of aromatic nitrogens is 3. The molecule has 4 rings (SSSR count). The van der Waals surface area contributed by atoms with E-state index in [1.807, 2.05) is 13.8 Å². The molecule has 0 radical (unpaired) electrons. The maximum Gasteiger partial charge on any atom is 0.434 e. The molecule has 1 fully saturated rings. The van der Waals surface area contributed by atoms with Crippen LogP contribution in [0.1, 0.15) is 64.8 Å². The number of amides is 1. The maximum atomic E-state index is 14.0. The van der Waals surface area contributed by atoms with Crippen LogP contribution in [0.3, 0.4) is 0 Å². The number of benzene rings is 1. The summed E-state index contributed by atoms with van der Waals surface area (Å²) >= 11 is 10.9. The molecule has 1 amide bonds. The summed E-state index contributed by atoms with van der Waals surface area (Å²) in [5, 5.41) is 6.27. The Balaban J connectivity index is 0.000000196. The molecule has 1 aliphatic rings. The van der Waals surface area contributed by atoms with Gasteiger partial charge in [-0.1, -0.05) is 36.8 Å². The standard InChI is InChI=1S/C13H16FN3O2.C10H11ClN2OS/c1-6-4-5-9(14)10(7(6)2)8(3)11(15)12-16-17-13(18)19-12;11-7-3-4-8(15)12-9(7)10(14)13-5-1-2-6-13/h4-5,8,11H,15H2,1-3H3,(H,17,18);3-4H,1-2,5-6H2,(H,12,15). The van der Waals surface area contributed by atoms with Gasteiger partial charge in [0, 0.05) is 19.0 Å². The predicted octanol–water partition coefficient (Wildman–Crippen LogP) is 4.56. The van der Waals surface area contributed by atoms with Crippen LogP contribution in [0.5, 0.6) is 0 Å². The SMILES string of the molecule is Cc1ccc(F)c(C(C)C(N)c2n[nH]c(=O)o2)c1C.O=C(c1[nH]c(=S)ccc1Cl)N1CCCC1. The Morgan fingerprint density at radius 3 is 2.56 bits per heavy atom. The van der Waals surface area contributed by atoms with Crippen molar-refractivity contribution in [2.75, 3.05) is 13.1 Å². The van der Waals surface area contributed by atoms with E-state index in [9.17, 15) is 14.0 Å². The number of likely N-dealkylation sites (tertiary alicyclic amines) is 1. The van der Waals surface area contributed by atoms with E-state index >= 15 is 0 Å². The van der Waals surface area contributed by atoms with Crippen LogP contribution >= 0.6 is 23.8 Å². The van der Waals surface area contributed by atoms with Crippen LogP contribution in [0.15, 0.2) is 33.5 Å². The molecule has 0 spiro atoms. The first-order valence-electron chi connectivity index (χ1n) is 10.8. The highest BCUT2D eigenvalue weighted by atomic mass is 35.5. The number of carbonyl (C=O) groups excluding carboxylic acids is 1. The summed E-state index contributed by atoms with van der Waals surface area (Å²) in [5.41, 5.74) is 8.76. The average molecular weight is 508 g/mol. The Morgan fingerprint density at radius 1 is 1.26 bits per heavy atom. The van der Waals surface area contributed by atoms with Crippen LogP contribution in [0.2, 0.25) is 5.02 Å². The minimum absolute atomic E-state index is 0.0517. The number of pyridine rings is 1. The Bertz CT molecular complexity index is 1280. The van der Waals surface area contributed by atoms with Gasteiger partial charge in [0.05, 0.1) is 11.1 Å². The number of carbonyl (C=O) groups is 1. The molecule has 34 heavy (non-hydrogen) atoms. The summed E-state index contributed by atoms with van der Waals surface area (Å²) < 4.78 is 19.3. The van der Waals surface area contributed by atoms with Gasteiger partial charge in [-0.15, -0.1) is 5.10 Å². The third-order valence-corrected chi connectivity index (χ3v) is 6.49. The van der Waals surface area contributed by atoms with Gasteiger partial charge >= 0.3 is 5.76 Å². The van der Waals surface area contributed by atoms with Gasteiger partial charge in [-0.25, -0.2) is 14.3 Å². The van der Waals surface area contributed by atoms with Crippen molar-refractivity contribution in [3.8, 4) is 0 Å². The molecule has 0 saturated carbocycles. The third-order valence-electron chi connectivity index (χ3n) is 5.94. The molecule has 0 aliphatic carbocycles. The number of aryl methyl sites for hydroxylation is 1. The molecule has 1 aliphatic heterocycles. The topological polar surface area (TPSA) is 121 Å². The zero-order chi connectivity index (χ0) is 25.0. The number of rotatable bonds is 4. The van der Waals surface area contributed by atoms with Crippen LogP contribution in [0, 0.1) is 24.3 Å². The fraction of sp³-hybridized carbons (Fsp3) is 0.391.